The summed E-state index contributed by atoms with van der Waals surface area (Å²) in [5, 5.41) is 0.781. The van der Waals surface area contributed by atoms with Crippen LogP contribution in [0.15, 0.2) is 52.1 Å². The lowest BCUT2D eigenvalue weighted by Gasteiger charge is -2.06. The molecule has 0 amide bonds. The van der Waals surface area contributed by atoms with Gasteiger partial charge in [0.15, 0.2) is 11.2 Å². The van der Waals surface area contributed by atoms with Gasteiger partial charge in [0.25, 0.3) is 5.56 Å². The van der Waals surface area contributed by atoms with Crippen molar-refractivity contribution in [2.45, 2.75) is 6.92 Å². The lowest BCUT2D eigenvalue weighted by molar-refractivity contribution is 0.340. The van der Waals surface area contributed by atoms with E-state index in [1.807, 2.05) is 6.92 Å². The van der Waals surface area contributed by atoms with Crippen molar-refractivity contribution in [3.8, 4) is 22.6 Å². The van der Waals surface area contributed by atoms with Crippen molar-refractivity contribution in [2.24, 2.45) is 0 Å². The molecule has 0 spiro atoms. The van der Waals surface area contributed by atoms with Crippen LogP contribution < -0.4 is 20.5 Å². The Kier molecular flexibility index (Phi) is 4.76. The quantitative estimate of drug-likeness (QED) is 0.774. The molecule has 1 N–H and O–H groups in total. The molecular formula is C19H16ClNO4. The summed E-state index contributed by atoms with van der Waals surface area (Å²) in [6, 6.07) is 11.7. The summed E-state index contributed by atoms with van der Waals surface area (Å²) in [7, 11) is 1.36. The highest BCUT2D eigenvalue weighted by Gasteiger charge is 2.16. The average molecular weight is 358 g/mol. The molecule has 6 heteroatoms. The molecule has 0 atom stereocenters. The zero-order valence-electron chi connectivity index (χ0n) is 13.8. The Morgan fingerprint density at radius 1 is 1.08 bits per heavy atom. The topological polar surface area (TPSA) is 68.4 Å². The van der Waals surface area contributed by atoms with Gasteiger partial charge in [-0.05, 0) is 42.8 Å². The Balaban J connectivity index is 2.37. The molecule has 1 heterocycles. The first-order valence-corrected chi connectivity index (χ1v) is 8.10. The molecule has 0 aliphatic carbocycles. The number of nitrogens with one attached hydrogen (secondary N) is 1. The third kappa shape index (κ3) is 3.23. The summed E-state index contributed by atoms with van der Waals surface area (Å²) in [6.07, 6.45) is 0. The van der Waals surface area contributed by atoms with E-state index in [1.54, 1.807) is 42.5 Å². The number of H-pyrrole nitrogens is 1. The van der Waals surface area contributed by atoms with E-state index >= 15 is 0 Å². The number of fused-ring (bicyclic) bond motifs is 1. The zero-order chi connectivity index (χ0) is 18.0. The number of hydrogen-bond donors (Lipinski definition) is 1. The van der Waals surface area contributed by atoms with Gasteiger partial charge in [0, 0.05) is 10.4 Å². The first-order chi connectivity index (χ1) is 12.0. The van der Waals surface area contributed by atoms with Crippen molar-refractivity contribution in [2.75, 3.05) is 13.7 Å². The van der Waals surface area contributed by atoms with Gasteiger partial charge in [-0.3, -0.25) is 9.59 Å². The zero-order valence-corrected chi connectivity index (χ0v) is 14.5. The van der Waals surface area contributed by atoms with E-state index < -0.39 is 5.56 Å². The van der Waals surface area contributed by atoms with Crippen LogP contribution in [-0.4, -0.2) is 18.7 Å². The summed E-state index contributed by atoms with van der Waals surface area (Å²) in [5.74, 6) is 0.644. The predicted molar refractivity (Wildman–Crippen MR) is 99.0 cm³/mol. The number of halogens is 1. The first-order valence-electron chi connectivity index (χ1n) is 7.72. The Morgan fingerprint density at radius 2 is 1.80 bits per heavy atom. The number of aromatic nitrogens is 1. The fourth-order valence-electron chi connectivity index (χ4n) is 2.69. The van der Waals surface area contributed by atoms with Crippen molar-refractivity contribution < 1.29 is 9.47 Å². The molecular weight excluding hydrogens is 342 g/mol. The molecule has 0 saturated carbocycles. The maximum absolute atomic E-state index is 13.1. The van der Waals surface area contributed by atoms with Gasteiger partial charge in [-0.25, -0.2) is 0 Å². The van der Waals surface area contributed by atoms with Gasteiger partial charge in [-0.15, -0.1) is 0 Å². The minimum atomic E-state index is -0.499. The molecule has 0 aliphatic heterocycles. The van der Waals surface area contributed by atoms with Gasteiger partial charge in [0.1, 0.15) is 5.75 Å². The second-order valence-corrected chi connectivity index (χ2v) is 5.78. The van der Waals surface area contributed by atoms with Crippen molar-refractivity contribution in [3.05, 3.63) is 68.1 Å². The van der Waals surface area contributed by atoms with Crippen LogP contribution in [0.5, 0.6) is 11.5 Å². The molecule has 1 aromatic heterocycles. The lowest BCUT2D eigenvalue weighted by Crippen LogP contribution is -2.10. The summed E-state index contributed by atoms with van der Waals surface area (Å²) in [5.41, 5.74) is 0.317. The van der Waals surface area contributed by atoms with E-state index in [1.165, 1.54) is 7.11 Å². The molecule has 128 valence electrons. The normalized spacial score (nSPS) is 10.7. The molecule has 2 aromatic carbocycles. The Hall–Kier alpha value is -2.79. The van der Waals surface area contributed by atoms with Crippen molar-refractivity contribution in [1.82, 2.24) is 4.98 Å². The van der Waals surface area contributed by atoms with Crippen LogP contribution >= 0.6 is 11.6 Å². The Morgan fingerprint density at radius 3 is 2.44 bits per heavy atom. The van der Waals surface area contributed by atoms with E-state index in [0.29, 0.717) is 33.8 Å². The van der Waals surface area contributed by atoms with E-state index in [4.69, 9.17) is 21.1 Å². The van der Waals surface area contributed by atoms with Crippen LogP contribution in [0.4, 0.5) is 0 Å². The minimum Gasteiger partial charge on any atom is -0.494 e. The van der Waals surface area contributed by atoms with E-state index in [2.05, 4.69) is 4.98 Å². The molecule has 0 fully saturated rings. The maximum atomic E-state index is 13.1. The summed E-state index contributed by atoms with van der Waals surface area (Å²) in [6.45, 7) is 2.43. The van der Waals surface area contributed by atoms with Crippen LogP contribution in [0.3, 0.4) is 0 Å². The summed E-state index contributed by atoms with van der Waals surface area (Å²) >= 11 is 5.97. The SMILES string of the molecule is CCOc1ccc(-c2c(OC)c(=O)[nH]c3cc(Cl)ccc3c2=O)cc1. The van der Waals surface area contributed by atoms with Crippen molar-refractivity contribution in [1.29, 1.82) is 0 Å². The second kappa shape index (κ2) is 6.99. The highest BCUT2D eigenvalue weighted by atomic mass is 35.5. The molecule has 0 bridgehead atoms. The van der Waals surface area contributed by atoms with Crippen molar-refractivity contribution >= 4 is 22.5 Å². The fraction of sp³-hybridized carbons (Fsp3) is 0.158. The molecule has 0 radical (unpaired) electrons. The Labute approximate surface area is 148 Å². The van der Waals surface area contributed by atoms with Crippen LogP contribution in [-0.2, 0) is 0 Å². The molecule has 0 aliphatic rings. The largest absolute Gasteiger partial charge is 0.494 e. The van der Waals surface area contributed by atoms with E-state index in [-0.39, 0.29) is 16.7 Å². The van der Waals surface area contributed by atoms with Gasteiger partial charge in [0.05, 0.1) is 24.8 Å². The number of benzene rings is 2. The van der Waals surface area contributed by atoms with Crippen LogP contribution in [0.2, 0.25) is 5.02 Å². The third-order valence-corrected chi connectivity index (χ3v) is 4.03. The number of hydrogen-bond acceptors (Lipinski definition) is 4. The molecule has 25 heavy (non-hydrogen) atoms. The minimum absolute atomic E-state index is 0.0403. The number of rotatable bonds is 4. The van der Waals surface area contributed by atoms with Gasteiger partial charge < -0.3 is 14.5 Å². The lowest BCUT2D eigenvalue weighted by atomic mass is 10.0. The number of methoxy groups -OCH3 is 1. The van der Waals surface area contributed by atoms with Crippen LogP contribution in [0, 0.1) is 0 Å². The van der Waals surface area contributed by atoms with E-state index in [0.717, 1.165) is 0 Å². The fourth-order valence-corrected chi connectivity index (χ4v) is 2.86. The molecule has 0 unspecified atom stereocenters. The van der Waals surface area contributed by atoms with Gasteiger partial charge in [0.2, 0.25) is 0 Å². The third-order valence-electron chi connectivity index (χ3n) is 3.79. The van der Waals surface area contributed by atoms with Gasteiger partial charge >= 0.3 is 0 Å². The standard InChI is InChI=1S/C19H16ClNO4/c1-3-25-13-7-4-11(5-8-13)16-17(22)14-9-6-12(20)10-15(14)21-19(23)18(16)24-2/h4-10H,3H2,1-2H3,(H,21,23). The molecule has 5 nitrogen and oxygen atoms in total. The highest BCUT2D eigenvalue weighted by molar-refractivity contribution is 6.31. The predicted octanol–water partition coefficient (Wildman–Crippen LogP) is 3.62. The molecule has 0 saturated heterocycles. The number of ether oxygens (including phenoxy) is 2. The summed E-state index contributed by atoms with van der Waals surface area (Å²) in [4.78, 5) is 28.2. The maximum Gasteiger partial charge on any atom is 0.291 e. The van der Waals surface area contributed by atoms with Crippen LogP contribution in [0.1, 0.15) is 6.92 Å². The number of aromatic amines is 1. The van der Waals surface area contributed by atoms with Gasteiger partial charge in [-0.1, -0.05) is 23.7 Å². The highest BCUT2D eigenvalue weighted by Crippen LogP contribution is 2.26. The Bertz CT molecular complexity index is 1040. The second-order valence-electron chi connectivity index (χ2n) is 5.34. The average Bonchev–Trinajstić information content (AvgIpc) is 2.69. The smallest absolute Gasteiger partial charge is 0.291 e. The van der Waals surface area contributed by atoms with E-state index in [9.17, 15) is 9.59 Å². The van der Waals surface area contributed by atoms with Gasteiger partial charge in [-0.2, -0.15) is 0 Å². The van der Waals surface area contributed by atoms with Crippen molar-refractivity contribution in [3.63, 3.8) is 0 Å². The molecule has 3 aromatic rings. The van der Waals surface area contributed by atoms with Crippen LogP contribution in [0.25, 0.3) is 22.0 Å². The first kappa shape index (κ1) is 17.0. The summed E-state index contributed by atoms with van der Waals surface area (Å²) < 4.78 is 10.7. The molecule has 3 rings (SSSR count). The monoisotopic (exact) mass is 357 g/mol.